The molecule has 0 bridgehead atoms. The maximum atomic E-state index is 5.26. The molecule has 2 heteroatoms. The minimum Gasteiger partial charge on any atom is -0.380 e. The zero-order valence-electron chi connectivity index (χ0n) is 5.77. The summed E-state index contributed by atoms with van der Waals surface area (Å²) in [7, 11) is 1.80. The SMILES string of the molecule is CO[C@H]1CCCC[C@@H]1Br. The molecule has 1 nitrogen and oxygen atoms in total. The summed E-state index contributed by atoms with van der Waals surface area (Å²) in [5.74, 6) is 0. The molecule has 0 amide bonds. The lowest BCUT2D eigenvalue weighted by Gasteiger charge is -2.25. The molecule has 1 rings (SSSR count). The largest absolute Gasteiger partial charge is 0.380 e. The van der Waals surface area contributed by atoms with E-state index in [-0.39, 0.29) is 0 Å². The van der Waals surface area contributed by atoms with Crippen molar-refractivity contribution in [3.8, 4) is 0 Å². The molecule has 0 spiro atoms. The number of rotatable bonds is 1. The maximum absolute atomic E-state index is 5.26. The average molecular weight is 193 g/mol. The summed E-state index contributed by atoms with van der Waals surface area (Å²) in [4.78, 5) is 0.608. The summed E-state index contributed by atoms with van der Waals surface area (Å²) in [6.07, 6.45) is 5.67. The molecule has 1 aliphatic rings. The minimum absolute atomic E-state index is 0.471. The fourth-order valence-corrected chi connectivity index (χ4v) is 2.12. The summed E-state index contributed by atoms with van der Waals surface area (Å²) in [6.45, 7) is 0. The first-order valence-electron chi connectivity index (χ1n) is 3.51. The molecule has 0 aliphatic heterocycles. The van der Waals surface area contributed by atoms with Crippen molar-refractivity contribution in [2.24, 2.45) is 0 Å². The van der Waals surface area contributed by atoms with Crippen LogP contribution in [0.4, 0.5) is 0 Å². The molecule has 0 aromatic heterocycles. The standard InChI is InChI=1S/C7H13BrO/c1-9-7-5-3-2-4-6(7)8/h6-7H,2-5H2,1H3/t6-,7-/m0/s1. The van der Waals surface area contributed by atoms with E-state index in [1.165, 1.54) is 25.7 Å². The number of alkyl halides is 1. The Hall–Kier alpha value is 0.440. The molecule has 0 radical (unpaired) electrons. The van der Waals surface area contributed by atoms with Gasteiger partial charge in [0, 0.05) is 11.9 Å². The minimum atomic E-state index is 0.471. The van der Waals surface area contributed by atoms with E-state index in [0.29, 0.717) is 10.9 Å². The van der Waals surface area contributed by atoms with Crippen LogP contribution in [0.25, 0.3) is 0 Å². The second-order valence-corrected chi connectivity index (χ2v) is 3.75. The third-order valence-electron chi connectivity index (χ3n) is 1.92. The van der Waals surface area contributed by atoms with Crippen molar-refractivity contribution in [3.05, 3.63) is 0 Å². The van der Waals surface area contributed by atoms with Gasteiger partial charge in [-0.3, -0.25) is 0 Å². The highest BCUT2D eigenvalue weighted by molar-refractivity contribution is 9.09. The van der Waals surface area contributed by atoms with Gasteiger partial charge in [0.25, 0.3) is 0 Å². The molecule has 1 aliphatic carbocycles. The van der Waals surface area contributed by atoms with Gasteiger partial charge >= 0.3 is 0 Å². The van der Waals surface area contributed by atoms with Gasteiger partial charge in [0.2, 0.25) is 0 Å². The number of halogens is 1. The van der Waals surface area contributed by atoms with Crippen molar-refractivity contribution >= 4 is 15.9 Å². The summed E-state index contributed by atoms with van der Waals surface area (Å²) >= 11 is 3.59. The lowest BCUT2D eigenvalue weighted by molar-refractivity contribution is 0.0780. The third kappa shape index (κ3) is 1.94. The van der Waals surface area contributed by atoms with Crippen LogP contribution in [0.5, 0.6) is 0 Å². The van der Waals surface area contributed by atoms with Gasteiger partial charge in [-0.1, -0.05) is 28.8 Å². The smallest absolute Gasteiger partial charge is 0.0696 e. The fourth-order valence-electron chi connectivity index (χ4n) is 1.32. The van der Waals surface area contributed by atoms with E-state index >= 15 is 0 Å². The van der Waals surface area contributed by atoms with Crippen molar-refractivity contribution in [3.63, 3.8) is 0 Å². The van der Waals surface area contributed by atoms with Gasteiger partial charge in [-0.15, -0.1) is 0 Å². The molecule has 9 heavy (non-hydrogen) atoms. The van der Waals surface area contributed by atoms with Gasteiger partial charge in [0.05, 0.1) is 6.10 Å². The molecule has 1 saturated carbocycles. The van der Waals surface area contributed by atoms with E-state index in [1.807, 2.05) is 0 Å². The van der Waals surface area contributed by atoms with Gasteiger partial charge in [-0.25, -0.2) is 0 Å². The van der Waals surface area contributed by atoms with E-state index in [2.05, 4.69) is 15.9 Å². The maximum Gasteiger partial charge on any atom is 0.0696 e. The van der Waals surface area contributed by atoms with Crippen LogP contribution in [-0.4, -0.2) is 18.0 Å². The van der Waals surface area contributed by atoms with Gasteiger partial charge in [0.1, 0.15) is 0 Å². The van der Waals surface area contributed by atoms with Crippen LogP contribution in [0.2, 0.25) is 0 Å². The summed E-state index contributed by atoms with van der Waals surface area (Å²) in [5, 5.41) is 0. The summed E-state index contributed by atoms with van der Waals surface area (Å²) < 4.78 is 5.26. The van der Waals surface area contributed by atoms with E-state index < -0.39 is 0 Å². The molecule has 54 valence electrons. The van der Waals surface area contributed by atoms with Crippen molar-refractivity contribution < 1.29 is 4.74 Å². The topological polar surface area (TPSA) is 9.23 Å². The number of hydrogen-bond acceptors (Lipinski definition) is 1. The van der Waals surface area contributed by atoms with Crippen LogP contribution in [0.15, 0.2) is 0 Å². The zero-order chi connectivity index (χ0) is 6.69. The van der Waals surface area contributed by atoms with E-state index in [0.717, 1.165) is 0 Å². The molecule has 0 saturated heterocycles. The van der Waals surface area contributed by atoms with Gasteiger partial charge in [-0.05, 0) is 12.8 Å². The molecule has 1 fully saturated rings. The summed E-state index contributed by atoms with van der Waals surface area (Å²) in [6, 6.07) is 0. The molecular formula is C7H13BrO. The highest BCUT2D eigenvalue weighted by atomic mass is 79.9. The van der Waals surface area contributed by atoms with E-state index in [1.54, 1.807) is 7.11 Å². The molecule has 0 unspecified atom stereocenters. The Balaban J connectivity index is 2.30. The number of ether oxygens (including phenoxy) is 1. The van der Waals surface area contributed by atoms with Crippen LogP contribution < -0.4 is 0 Å². The third-order valence-corrected chi connectivity index (χ3v) is 2.97. The Morgan fingerprint density at radius 1 is 1.33 bits per heavy atom. The second kappa shape index (κ2) is 3.57. The molecule has 0 aromatic carbocycles. The van der Waals surface area contributed by atoms with Crippen molar-refractivity contribution in [2.75, 3.05) is 7.11 Å². The van der Waals surface area contributed by atoms with Crippen LogP contribution in [0.3, 0.4) is 0 Å². The highest BCUT2D eigenvalue weighted by Crippen LogP contribution is 2.25. The Labute approximate surface area is 64.9 Å². The lowest BCUT2D eigenvalue weighted by Crippen LogP contribution is -2.26. The zero-order valence-corrected chi connectivity index (χ0v) is 7.36. The van der Waals surface area contributed by atoms with E-state index in [4.69, 9.17) is 4.74 Å². The summed E-state index contributed by atoms with van der Waals surface area (Å²) in [5.41, 5.74) is 0. The Morgan fingerprint density at radius 3 is 2.44 bits per heavy atom. The quantitative estimate of drug-likeness (QED) is 0.580. The normalized spacial score (nSPS) is 36.7. The first-order valence-corrected chi connectivity index (χ1v) is 4.43. The second-order valence-electron chi connectivity index (χ2n) is 2.57. The Morgan fingerprint density at radius 2 is 2.00 bits per heavy atom. The van der Waals surface area contributed by atoms with Gasteiger partial charge in [0.15, 0.2) is 0 Å². The average Bonchev–Trinajstić information content (AvgIpc) is 1.89. The lowest BCUT2D eigenvalue weighted by atomic mass is 9.98. The molecule has 2 atom stereocenters. The van der Waals surface area contributed by atoms with Crippen LogP contribution in [0.1, 0.15) is 25.7 Å². The fraction of sp³-hybridized carbons (Fsp3) is 1.00. The van der Waals surface area contributed by atoms with Crippen LogP contribution >= 0.6 is 15.9 Å². The van der Waals surface area contributed by atoms with Gasteiger partial charge in [-0.2, -0.15) is 0 Å². The predicted molar refractivity (Wildman–Crippen MR) is 42.0 cm³/mol. The van der Waals surface area contributed by atoms with E-state index in [9.17, 15) is 0 Å². The highest BCUT2D eigenvalue weighted by Gasteiger charge is 2.21. The number of methoxy groups -OCH3 is 1. The molecular weight excluding hydrogens is 180 g/mol. The Kier molecular flexibility index (Phi) is 2.99. The van der Waals surface area contributed by atoms with Crippen LogP contribution in [-0.2, 0) is 4.74 Å². The monoisotopic (exact) mass is 192 g/mol. The molecule has 0 N–H and O–H groups in total. The number of hydrogen-bond donors (Lipinski definition) is 0. The van der Waals surface area contributed by atoms with Crippen molar-refractivity contribution in [2.45, 2.75) is 36.6 Å². The predicted octanol–water partition coefficient (Wildman–Crippen LogP) is 2.34. The van der Waals surface area contributed by atoms with Crippen molar-refractivity contribution in [1.82, 2.24) is 0 Å². The van der Waals surface area contributed by atoms with Gasteiger partial charge < -0.3 is 4.74 Å². The molecule has 0 aromatic rings. The first-order chi connectivity index (χ1) is 4.34. The Bertz CT molecular complexity index is 85.0. The molecule has 0 heterocycles. The van der Waals surface area contributed by atoms with Crippen LogP contribution in [0, 0.1) is 0 Å². The van der Waals surface area contributed by atoms with Crippen molar-refractivity contribution in [1.29, 1.82) is 0 Å². The first kappa shape index (κ1) is 7.55.